The second kappa shape index (κ2) is 5.42. The highest BCUT2D eigenvalue weighted by molar-refractivity contribution is 9.08. The average molecular weight is 344 g/mol. The van der Waals surface area contributed by atoms with Crippen molar-refractivity contribution in [1.82, 2.24) is 14.8 Å². The summed E-state index contributed by atoms with van der Waals surface area (Å²) in [5, 5.41) is 7.89. The van der Waals surface area contributed by atoms with Crippen LogP contribution in [0.15, 0.2) is 30.3 Å². The maximum Gasteiger partial charge on any atom is 0.157 e. The van der Waals surface area contributed by atoms with E-state index in [1.54, 1.807) is 11.5 Å². The van der Waals surface area contributed by atoms with Crippen molar-refractivity contribution in [2.45, 2.75) is 17.5 Å². The van der Waals surface area contributed by atoms with E-state index in [-0.39, 0.29) is 0 Å². The molecule has 0 radical (unpaired) electrons. The van der Waals surface area contributed by atoms with E-state index < -0.39 is 15.1 Å². The summed E-state index contributed by atoms with van der Waals surface area (Å²) in [5.41, 5.74) is 0.854. The van der Waals surface area contributed by atoms with Gasteiger partial charge in [0.25, 0.3) is 0 Å². The number of nitrogens with zero attached hydrogens (tertiary/aromatic N) is 3. The van der Waals surface area contributed by atoms with Gasteiger partial charge in [-0.05, 0) is 19.1 Å². The Bertz CT molecular complexity index is 668. The minimum atomic E-state index is -3.22. The molecule has 1 heterocycles. The summed E-state index contributed by atoms with van der Waals surface area (Å²) in [6.45, 7) is 1.62. The molecule has 7 heteroatoms. The Labute approximate surface area is 120 Å². The quantitative estimate of drug-likeness (QED) is 0.798. The van der Waals surface area contributed by atoms with Crippen LogP contribution < -0.4 is 0 Å². The number of rotatable bonds is 4. The Morgan fingerprint density at radius 1 is 1.26 bits per heavy atom. The fourth-order valence-electron chi connectivity index (χ4n) is 1.73. The molecule has 102 valence electrons. The molecule has 1 aromatic heterocycles. The van der Waals surface area contributed by atoms with Crippen LogP contribution in [0.5, 0.6) is 0 Å². The van der Waals surface area contributed by atoms with Crippen LogP contribution in [0.4, 0.5) is 0 Å². The minimum Gasteiger partial charge on any atom is -0.281 e. The third-order valence-electron chi connectivity index (χ3n) is 2.89. The van der Waals surface area contributed by atoms with Crippen molar-refractivity contribution in [3.05, 3.63) is 42.0 Å². The predicted octanol–water partition coefficient (Wildman–Crippen LogP) is 2.27. The third kappa shape index (κ3) is 2.87. The molecule has 1 aromatic carbocycles. The maximum absolute atomic E-state index is 11.7. The second-order valence-corrected chi connectivity index (χ2v) is 7.18. The van der Waals surface area contributed by atoms with E-state index in [0.717, 1.165) is 5.69 Å². The van der Waals surface area contributed by atoms with E-state index in [2.05, 4.69) is 26.1 Å². The molecule has 0 saturated heterocycles. The second-order valence-electron chi connectivity index (χ2n) is 4.25. The average Bonchev–Trinajstić information content (AvgIpc) is 2.81. The monoisotopic (exact) mass is 343 g/mol. The lowest BCUT2D eigenvalue weighted by Crippen LogP contribution is -2.14. The molecule has 0 spiro atoms. The normalized spacial score (nSPS) is 13.4. The zero-order valence-corrected chi connectivity index (χ0v) is 13.0. The van der Waals surface area contributed by atoms with Crippen LogP contribution in [0.2, 0.25) is 0 Å². The summed E-state index contributed by atoms with van der Waals surface area (Å²) >= 11 is 3.35. The molecule has 0 aliphatic rings. The van der Waals surface area contributed by atoms with Gasteiger partial charge in [-0.1, -0.05) is 34.1 Å². The Balaban J connectivity index is 2.62. The van der Waals surface area contributed by atoms with E-state index >= 15 is 0 Å². The number of halogens is 1. The lowest BCUT2D eigenvalue weighted by atomic mass is 10.3. The molecule has 5 nitrogen and oxygen atoms in total. The van der Waals surface area contributed by atoms with Gasteiger partial charge in [0, 0.05) is 11.9 Å². The van der Waals surface area contributed by atoms with Crippen LogP contribution in [-0.2, 0) is 15.2 Å². The molecule has 2 rings (SSSR count). The third-order valence-corrected chi connectivity index (χ3v) is 4.89. The lowest BCUT2D eigenvalue weighted by molar-refractivity contribution is 0.587. The highest BCUT2D eigenvalue weighted by atomic mass is 79.9. The Morgan fingerprint density at radius 3 is 2.42 bits per heavy atom. The molecule has 1 unspecified atom stereocenters. The summed E-state index contributed by atoms with van der Waals surface area (Å²) < 4.78 is 25.2. The predicted molar refractivity (Wildman–Crippen MR) is 77.2 cm³/mol. The highest BCUT2D eigenvalue weighted by Crippen LogP contribution is 2.24. The van der Waals surface area contributed by atoms with Crippen molar-refractivity contribution in [2.24, 2.45) is 0 Å². The van der Waals surface area contributed by atoms with Crippen molar-refractivity contribution >= 4 is 25.8 Å². The van der Waals surface area contributed by atoms with Gasteiger partial charge >= 0.3 is 0 Å². The van der Waals surface area contributed by atoms with Crippen molar-refractivity contribution in [2.75, 3.05) is 6.26 Å². The van der Waals surface area contributed by atoms with Crippen molar-refractivity contribution in [3.8, 4) is 5.69 Å². The first kappa shape index (κ1) is 14.2. The SMILES string of the molecule is CC(c1nnc(CBr)n1-c1ccccc1)S(C)(=O)=O. The summed E-state index contributed by atoms with van der Waals surface area (Å²) in [6.07, 6.45) is 1.20. The fourth-order valence-corrected chi connectivity index (χ4v) is 2.63. The minimum absolute atomic E-state index is 0.433. The van der Waals surface area contributed by atoms with E-state index in [1.165, 1.54) is 6.26 Å². The van der Waals surface area contributed by atoms with Gasteiger partial charge in [-0.25, -0.2) is 8.42 Å². The van der Waals surface area contributed by atoms with Gasteiger partial charge in [0.15, 0.2) is 15.7 Å². The van der Waals surface area contributed by atoms with E-state index in [4.69, 9.17) is 0 Å². The first-order chi connectivity index (χ1) is 8.95. The van der Waals surface area contributed by atoms with Gasteiger partial charge in [-0.15, -0.1) is 10.2 Å². The Hall–Kier alpha value is -1.21. The molecule has 0 aliphatic carbocycles. The van der Waals surface area contributed by atoms with Crippen molar-refractivity contribution in [3.63, 3.8) is 0 Å². The number of alkyl halides is 1. The molecule has 0 bridgehead atoms. The summed E-state index contributed by atoms with van der Waals surface area (Å²) in [4.78, 5) is 0. The smallest absolute Gasteiger partial charge is 0.157 e. The van der Waals surface area contributed by atoms with Gasteiger partial charge in [0.1, 0.15) is 11.1 Å². The molecule has 0 N–H and O–H groups in total. The van der Waals surface area contributed by atoms with Gasteiger partial charge in [-0.2, -0.15) is 0 Å². The van der Waals surface area contributed by atoms with Crippen LogP contribution in [0.25, 0.3) is 5.69 Å². The number of hydrogen-bond donors (Lipinski definition) is 0. The Morgan fingerprint density at radius 2 is 1.89 bits per heavy atom. The topological polar surface area (TPSA) is 64.8 Å². The number of aromatic nitrogens is 3. The fraction of sp³-hybridized carbons (Fsp3) is 0.333. The largest absolute Gasteiger partial charge is 0.281 e. The van der Waals surface area contributed by atoms with Crippen LogP contribution in [0, 0.1) is 0 Å². The number of para-hydroxylation sites is 1. The maximum atomic E-state index is 11.7. The van der Waals surface area contributed by atoms with Crippen LogP contribution in [-0.4, -0.2) is 29.4 Å². The number of hydrogen-bond acceptors (Lipinski definition) is 4. The molecular formula is C12H14BrN3O2S. The van der Waals surface area contributed by atoms with E-state index in [0.29, 0.717) is 17.0 Å². The number of sulfone groups is 1. The molecule has 0 saturated carbocycles. The van der Waals surface area contributed by atoms with Gasteiger partial charge in [0.05, 0.1) is 5.33 Å². The van der Waals surface area contributed by atoms with Gasteiger partial charge < -0.3 is 0 Å². The molecule has 0 aliphatic heterocycles. The molecular weight excluding hydrogens is 330 g/mol. The molecule has 0 fully saturated rings. The Kier molecular flexibility index (Phi) is 4.05. The summed E-state index contributed by atoms with van der Waals surface area (Å²) in [6, 6.07) is 9.48. The lowest BCUT2D eigenvalue weighted by Gasteiger charge is -2.13. The molecule has 19 heavy (non-hydrogen) atoms. The first-order valence-corrected chi connectivity index (χ1v) is 8.77. The van der Waals surface area contributed by atoms with E-state index in [1.807, 2.05) is 30.3 Å². The molecule has 1 atom stereocenters. The number of benzene rings is 1. The van der Waals surface area contributed by atoms with Gasteiger partial charge in [0.2, 0.25) is 0 Å². The summed E-state index contributed by atoms with van der Waals surface area (Å²) in [5.74, 6) is 1.11. The zero-order chi connectivity index (χ0) is 14.0. The summed E-state index contributed by atoms with van der Waals surface area (Å²) in [7, 11) is -3.22. The van der Waals surface area contributed by atoms with Crippen LogP contribution in [0.1, 0.15) is 23.8 Å². The van der Waals surface area contributed by atoms with Crippen LogP contribution in [0.3, 0.4) is 0 Å². The standard InChI is InChI=1S/C12H14BrN3O2S/c1-9(19(2,17)18)12-15-14-11(8-13)16(12)10-6-4-3-5-7-10/h3-7,9H,8H2,1-2H3. The molecule has 2 aromatic rings. The molecule has 0 amide bonds. The van der Waals surface area contributed by atoms with Crippen LogP contribution >= 0.6 is 15.9 Å². The van der Waals surface area contributed by atoms with Gasteiger partial charge in [-0.3, -0.25) is 4.57 Å². The first-order valence-electron chi connectivity index (χ1n) is 5.69. The highest BCUT2D eigenvalue weighted by Gasteiger charge is 2.25. The van der Waals surface area contributed by atoms with Crippen molar-refractivity contribution < 1.29 is 8.42 Å². The van der Waals surface area contributed by atoms with Crippen molar-refractivity contribution in [1.29, 1.82) is 0 Å². The zero-order valence-electron chi connectivity index (χ0n) is 10.6. The van der Waals surface area contributed by atoms with E-state index in [9.17, 15) is 8.42 Å².